The van der Waals surface area contributed by atoms with Gasteiger partial charge in [0, 0.05) is 17.7 Å². The molecule has 10 atom stereocenters. The quantitative estimate of drug-likeness (QED) is 0.151. The Bertz CT molecular complexity index is 2140. The normalized spacial score (nSPS) is 36.7. The lowest BCUT2D eigenvalue weighted by Gasteiger charge is -2.72. The maximum Gasteiger partial charge on any atom is 0.231 e. The molecule has 57 heavy (non-hydrogen) atoms. The molecule has 302 valence electrons. The monoisotopic (exact) mass is 771 g/mol. The van der Waals surface area contributed by atoms with Crippen molar-refractivity contribution in [3.63, 3.8) is 0 Å². The van der Waals surface area contributed by atoms with E-state index in [9.17, 15) is 9.90 Å². The van der Waals surface area contributed by atoms with Crippen molar-refractivity contribution in [3.05, 3.63) is 77.7 Å². The van der Waals surface area contributed by atoms with E-state index in [1.54, 1.807) is 0 Å². The number of aliphatic hydroxyl groups excluding tert-OH is 1. The van der Waals surface area contributed by atoms with Crippen LogP contribution >= 0.6 is 0 Å². The molecular weight excluding hydrogens is 711 g/mol. The number of hydrogen-bond donors (Lipinski definition) is 3. The molecule has 9 rings (SSSR count). The zero-order valence-electron chi connectivity index (χ0n) is 34.8. The van der Waals surface area contributed by atoms with E-state index >= 15 is 0 Å². The number of H-pyrrole nitrogens is 1. The van der Waals surface area contributed by atoms with E-state index in [0.717, 1.165) is 60.8 Å². The smallest absolute Gasteiger partial charge is 0.231 e. The minimum Gasteiger partial charge on any atom is -0.393 e. The third-order valence-electron chi connectivity index (χ3n) is 17.5. The van der Waals surface area contributed by atoms with Gasteiger partial charge in [0.25, 0.3) is 0 Å². The van der Waals surface area contributed by atoms with Gasteiger partial charge < -0.3 is 14.9 Å². The van der Waals surface area contributed by atoms with Gasteiger partial charge in [-0.05, 0) is 150 Å². The maximum absolute atomic E-state index is 14.8. The molecule has 5 aliphatic carbocycles. The zero-order chi connectivity index (χ0) is 40.0. The molecule has 5 aliphatic rings. The molecular formula is C47H61N7O3. The second-order valence-corrected chi connectivity index (χ2v) is 20.2. The molecule has 0 radical (unpaired) electrons. The van der Waals surface area contributed by atoms with Gasteiger partial charge in [0.15, 0.2) is 5.82 Å². The Labute approximate surface area is 337 Å². The van der Waals surface area contributed by atoms with Crippen LogP contribution in [0.4, 0.5) is 0 Å². The third-order valence-corrected chi connectivity index (χ3v) is 17.5. The van der Waals surface area contributed by atoms with Crippen LogP contribution in [0.3, 0.4) is 0 Å². The molecule has 0 spiro atoms. The van der Waals surface area contributed by atoms with Crippen molar-refractivity contribution < 1.29 is 14.4 Å². The van der Waals surface area contributed by atoms with Crippen LogP contribution < -0.4 is 5.32 Å². The van der Waals surface area contributed by atoms with E-state index in [4.69, 9.17) is 9.51 Å². The molecule has 2 aromatic carbocycles. The van der Waals surface area contributed by atoms with Crippen LogP contribution in [0.5, 0.6) is 0 Å². The Kier molecular flexibility index (Phi) is 9.22. The van der Waals surface area contributed by atoms with Gasteiger partial charge >= 0.3 is 0 Å². The van der Waals surface area contributed by atoms with E-state index in [-0.39, 0.29) is 39.1 Å². The van der Waals surface area contributed by atoms with Gasteiger partial charge in [-0.25, -0.2) is 5.10 Å². The van der Waals surface area contributed by atoms with E-state index < -0.39 is 0 Å². The topological polar surface area (TPSA) is 143 Å². The summed E-state index contributed by atoms with van der Waals surface area (Å²) >= 11 is 0. The van der Waals surface area contributed by atoms with Gasteiger partial charge in [0.1, 0.15) is 0 Å². The number of amides is 1. The number of carbonyl (C=O) groups excluding carboxylic acids is 1. The first-order valence-corrected chi connectivity index (χ1v) is 21.6. The minimum atomic E-state index is -0.376. The highest BCUT2D eigenvalue weighted by Gasteiger charge is 2.71. The molecule has 4 unspecified atom stereocenters. The molecule has 2 heterocycles. The summed E-state index contributed by atoms with van der Waals surface area (Å²) in [6.07, 6.45) is 11.2. The Hall–Kier alpha value is -4.18. The predicted octanol–water partition coefficient (Wildman–Crippen LogP) is 9.14. The summed E-state index contributed by atoms with van der Waals surface area (Å²) in [6, 6.07) is 16.1. The zero-order valence-corrected chi connectivity index (χ0v) is 34.8. The van der Waals surface area contributed by atoms with E-state index in [1.807, 2.05) is 36.4 Å². The van der Waals surface area contributed by atoms with E-state index in [1.165, 1.54) is 31.3 Å². The largest absolute Gasteiger partial charge is 0.393 e. The lowest BCUT2D eigenvalue weighted by atomic mass is 9.32. The molecule has 1 amide bonds. The van der Waals surface area contributed by atoms with Crippen LogP contribution in [0.2, 0.25) is 0 Å². The first kappa shape index (κ1) is 38.3. The molecule has 10 nitrogen and oxygen atoms in total. The first-order chi connectivity index (χ1) is 27.2. The van der Waals surface area contributed by atoms with Gasteiger partial charge in [-0.15, -0.1) is 5.10 Å². The number of rotatable bonds is 8. The van der Waals surface area contributed by atoms with Crippen LogP contribution in [-0.2, 0) is 17.8 Å². The van der Waals surface area contributed by atoms with Crippen molar-refractivity contribution in [2.24, 2.45) is 56.7 Å². The van der Waals surface area contributed by atoms with Crippen LogP contribution in [0.25, 0.3) is 22.8 Å². The van der Waals surface area contributed by atoms with Crippen molar-refractivity contribution >= 4 is 5.91 Å². The molecule has 0 bridgehead atoms. The Morgan fingerprint density at radius 3 is 2.46 bits per heavy atom. The average Bonchev–Trinajstić information content (AvgIpc) is 3.98. The summed E-state index contributed by atoms with van der Waals surface area (Å²) < 4.78 is 5.67. The fourth-order valence-corrected chi connectivity index (χ4v) is 14.4. The van der Waals surface area contributed by atoms with Crippen LogP contribution in [0, 0.1) is 56.7 Å². The van der Waals surface area contributed by atoms with Gasteiger partial charge in [0.05, 0.1) is 17.9 Å². The number of aliphatic hydroxyl groups is 1. The lowest BCUT2D eigenvalue weighted by Crippen LogP contribution is -2.67. The second-order valence-electron chi connectivity index (χ2n) is 20.2. The number of nitrogens with zero attached hydrogens (tertiary/aromatic N) is 5. The van der Waals surface area contributed by atoms with Gasteiger partial charge in [0.2, 0.25) is 17.6 Å². The maximum atomic E-state index is 14.8. The highest BCUT2D eigenvalue weighted by Crippen LogP contribution is 2.77. The predicted molar refractivity (Wildman–Crippen MR) is 219 cm³/mol. The minimum absolute atomic E-state index is 0.0530. The van der Waals surface area contributed by atoms with Crippen LogP contribution in [0.1, 0.15) is 123 Å². The fraction of sp³-hybridized carbons (Fsp3) is 0.617. The Balaban J connectivity index is 0.912. The Morgan fingerprint density at radius 2 is 1.70 bits per heavy atom. The summed E-state index contributed by atoms with van der Waals surface area (Å²) in [5.74, 6) is 4.26. The molecule has 0 aliphatic heterocycles. The molecule has 3 N–H and O–H groups in total. The number of nitrogens with one attached hydrogen (secondary N) is 2. The number of hydrogen-bond acceptors (Lipinski definition) is 8. The number of fused-ring (bicyclic) bond motifs is 7. The average molecular weight is 772 g/mol. The number of benzene rings is 2. The summed E-state index contributed by atoms with van der Waals surface area (Å²) in [5, 5.41) is 33.0. The Morgan fingerprint density at radius 1 is 0.895 bits per heavy atom. The summed E-state index contributed by atoms with van der Waals surface area (Å²) in [7, 11) is 0. The van der Waals surface area contributed by atoms with Gasteiger partial charge in [-0.3, -0.25) is 4.79 Å². The molecule has 0 saturated heterocycles. The van der Waals surface area contributed by atoms with Crippen molar-refractivity contribution in [2.75, 3.05) is 0 Å². The highest BCUT2D eigenvalue weighted by atomic mass is 16.5. The molecule has 5 saturated carbocycles. The summed E-state index contributed by atoms with van der Waals surface area (Å²) in [5.41, 5.74) is 5.25. The number of aromatic amines is 1. The van der Waals surface area contributed by atoms with Crippen LogP contribution in [0.15, 0.2) is 65.2 Å². The van der Waals surface area contributed by atoms with E-state index in [0.29, 0.717) is 60.1 Å². The van der Waals surface area contributed by atoms with Crippen molar-refractivity contribution in [1.29, 1.82) is 0 Å². The van der Waals surface area contributed by atoms with E-state index in [2.05, 4.69) is 91.4 Å². The van der Waals surface area contributed by atoms with Crippen molar-refractivity contribution in [3.8, 4) is 22.8 Å². The lowest BCUT2D eigenvalue weighted by molar-refractivity contribution is -0.246. The molecule has 2 aromatic heterocycles. The standard InChI is InChI=1S/C47H61N7O3/c1-28(2)33-17-22-47(24-23-45(6)34(39(33)47)15-16-36-44(5)20-19-37(55)43(3,4)35(44)18-21-46(36,45)7)42(56)48-27-30-9-8-10-32(25-30)40-49-38(57-52-40)26-29-11-13-31(14-12-29)41-50-53-54-51-41/h8-14,25,33-37,39,55H,1,15-24,26-27H2,2-7H3,(H,48,56)(H,50,51,53,54)/t33-,34?,35?,36?,37-,39?,44-,45+,46+,47-/m0/s1. The summed E-state index contributed by atoms with van der Waals surface area (Å²) in [6.45, 7) is 19.8. The third kappa shape index (κ3) is 5.89. The van der Waals surface area contributed by atoms with Gasteiger partial charge in [-0.1, -0.05) is 94.4 Å². The number of aromatic nitrogens is 6. The number of tetrazole rings is 1. The summed E-state index contributed by atoms with van der Waals surface area (Å²) in [4.78, 5) is 19.5. The van der Waals surface area contributed by atoms with Gasteiger partial charge in [-0.2, -0.15) is 4.98 Å². The van der Waals surface area contributed by atoms with Crippen molar-refractivity contribution in [1.82, 2.24) is 36.1 Å². The van der Waals surface area contributed by atoms with Crippen molar-refractivity contribution in [2.45, 2.75) is 125 Å². The van der Waals surface area contributed by atoms with Crippen LogP contribution in [-0.4, -0.2) is 47.9 Å². The SMILES string of the molecule is C=C(C)[C@@H]1CC[C@]2(C(=O)NCc3cccc(-c4noc(Cc5ccc(-c6nnn[nH]6)cc5)n4)c3)CC[C@]3(C)C(CCC4[C@@]5(C)CC[C@H](O)C(C)(C)C5CC[C@]43C)C12. The second kappa shape index (κ2) is 13.7. The number of allylic oxidation sites excluding steroid dienone is 1. The number of carbonyl (C=O) groups is 1. The highest BCUT2D eigenvalue weighted by molar-refractivity contribution is 5.84. The first-order valence-electron chi connectivity index (χ1n) is 21.6. The fourth-order valence-electron chi connectivity index (χ4n) is 14.4. The molecule has 10 heteroatoms. The molecule has 4 aromatic rings. The molecule has 5 fully saturated rings.